The van der Waals surface area contributed by atoms with E-state index < -0.39 is 0 Å². The van der Waals surface area contributed by atoms with E-state index >= 15 is 0 Å². The third-order valence-corrected chi connectivity index (χ3v) is 4.17. The molecule has 0 aliphatic carbocycles. The summed E-state index contributed by atoms with van der Waals surface area (Å²) in [5, 5.41) is 11.3. The largest absolute Gasteiger partial charge is 0.358 e. The summed E-state index contributed by atoms with van der Waals surface area (Å²) < 4.78 is 1.84. The molecule has 0 bridgehead atoms. The summed E-state index contributed by atoms with van der Waals surface area (Å²) >= 11 is 5.37. The lowest BCUT2D eigenvalue weighted by molar-refractivity contribution is 0.874. The van der Waals surface area contributed by atoms with Crippen LogP contribution in [-0.2, 0) is 6.54 Å². The van der Waals surface area contributed by atoms with Crippen LogP contribution in [0, 0.1) is 13.8 Å². The Balaban J connectivity index is 1.55. The highest BCUT2D eigenvalue weighted by molar-refractivity contribution is 7.80. The summed E-state index contributed by atoms with van der Waals surface area (Å²) in [6.07, 6.45) is 3.70. The number of hydrogen-bond donors (Lipinski definition) is 2. The lowest BCUT2D eigenvalue weighted by Crippen LogP contribution is -2.27. The van der Waals surface area contributed by atoms with Gasteiger partial charge in [0.05, 0.1) is 5.69 Å². The summed E-state index contributed by atoms with van der Waals surface area (Å²) in [6.45, 7) is 4.87. The van der Waals surface area contributed by atoms with Crippen molar-refractivity contribution >= 4 is 23.0 Å². The van der Waals surface area contributed by atoms with E-state index in [9.17, 15) is 0 Å². The summed E-state index contributed by atoms with van der Waals surface area (Å²) in [6, 6.07) is 16.4. The maximum Gasteiger partial charge on any atom is 0.171 e. The van der Waals surface area contributed by atoms with E-state index in [2.05, 4.69) is 53.8 Å². The molecule has 24 heavy (non-hydrogen) atoms. The smallest absolute Gasteiger partial charge is 0.171 e. The molecular formula is C19H20N4S. The van der Waals surface area contributed by atoms with Crippen LogP contribution in [0.4, 0.5) is 5.69 Å². The standard InChI is InChI=1S/C19H20N4S/c1-14-4-7-17(12-15(14)2)22-19(24)20-13-16-5-8-18(9-6-16)23-11-3-10-21-23/h3-12H,13H2,1-2H3,(H2,20,22,24). The average molecular weight is 336 g/mol. The first-order valence-electron chi connectivity index (χ1n) is 7.83. The van der Waals surface area contributed by atoms with Gasteiger partial charge in [-0.15, -0.1) is 0 Å². The predicted molar refractivity (Wildman–Crippen MR) is 103 cm³/mol. The number of anilines is 1. The Morgan fingerprint density at radius 3 is 2.54 bits per heavy atom. The van der Waals surface area contributed by atoms with Crippen LogP contribution in [-0.4, -0.2) is 14.9 Å². The highest BCUT2D eigenvalue weighted by Gasteiger charge is 2.01. The lowest BCUT2D eigenvalue weighted by Gasteiger charge is -2.12. The van der Waals surface area contributed by atoms with Gasteiger partial charge in [-0.1, -0.05) is 18.2 Å². The summed E-state index contributed by atoms with van der Waals surface area (Å²) in [5.74, 6) is 0. The first kappa shape index (κ1) is 16.2. The number of thiocarbonyl (C=S) groups is 1. The molecule has 2 N–H and O–H groups in total. The van der Waals surface area contributed by atoms with Crippen LogP contribution in [0.25, 0.3) is 5.69 Å². The molecule has 0 amide bonds. The molecule has 2 aromatic carbocycles. The molecule has 0 saturated carbocycles. The van der Waals surface area contributed by atoms with Gasteiger partial charge >= 0.3 is 0 Å². The zero-order valence-corrected chi connectivity index (χ0v) is 14.6. The third-order valence-electron chi connectivity index (χ3n) is 3.92. The predicted octanol–water partition coefficient (Wildman–Crippen LogP) is 3.98. The van der Waals surface area contributed by atoms with Gasteiger partial charge in [0.15, 0.2) is 5.11 Å². The van der Waals surface area contributed by atoms with Crippen molar-refractivity contribution < 1.29 is 0 Å². The normalized spacial score (nSPS) is 10.4. The highest BCUT2D eigenvalue weighted by atomic mass is 32.1. The van der Waals surface area contributed by atoms with Crippen molar-refractivity contribution in [1.29, 1.82) is 0 Å². The molecule has 122 valence electrons. The minimum atomic E-state index is 0.620. The summed E-state index contributed by atoms with van der Waals surface area (Å²) in [4.78, 5) is 0. The quantitative estimate of drug-likeness (QED) is 0.707. The Morgan fingerprint density at radius 1 is 1.08 bits per heavy atom. The number of hydrogen-bond acceptors (Lipinski definition) is 2. The monoisotopic (exact) mass is 336 g/mol. The fourth-order valence-corrected chi connectivity index (χ4v) is 2.55. The second-order valence-corrected chi connectivity index (χ2v) is 6.13. The molecule has 0 spiro atoms. The van der Waals surface area contributed by atoms with Gasteiger partial charge in [-0.3, -0.25) is 0 Å². The minimum absolute atomic E-state index is 0.620. The van der Waals surface area contributed by atoms with Crippen LogP contribution >= 0.6 is 12.2 Å². The van der Waals surface area contributed by atoms with E-state index in [1.807, 2.05) is 35.1 Å². The summed E-state index contributed by atoms with van der Waals surface area (Å²) in [7, 11) is 0. The van der Waals surface area contributed by atoms with Crippen molar-refractivity contribution in [3.63, 3.8) is 0 Å². The Hall–Kier alpha value is -2.66. The first-order valence-corrected chi connectivity index (χ1v) is 8.24. The average Bonchev–Trinajstić information content (AvgIpc) is 3.11. The lowest BCUT2D eigenvalue weighted by atomic mass is 10.1. The van der Waals surface area contributed by atoms with Crippen LogP contribution < -0.4 is 10.6 Å². The molecule has 0 saturated heterocycles. The van der Waals surface area contributed by atoms with Crippen molar-refractivity contribution in [3.8, 4) is 5.69 Å². The molecule has 1 aromatic heterocycles. The Kier molecular flexibility index (Phi) is 4.91. The van der Waals surface area contributed by atoms with E-state index in [0.29, 0.717) is 11.7 Å². The number of aryl methyl sites for hydroxylation is 2. The van der Waals surface area contributed by atoms with Crippen LogP contribution in [0.3, 0.4) is 0 Å². The molecule has 0 atom stereocenters. The van der Waals surface area contributed by atoms with Crippen molar-refractivity contribution in [1.82, 2.24) is 15.1 Å². The van der Waals surface area contributed by atoms with Gasteiger partial charge in [0, 0.05) is 24.6 Å². The fraction of sp³-hybridized carbons (Fsp3) is 0.158. The molecular weight excluding hydrogens is 316 g/mol. The van der Waals surface area contributed by atoms with Crippen LogP contribution in [0.1, 0.15) is 16.7 Å². The van der Waals surface area contributed by atoms with Crippen molar-refractivity contribution in [2.75, 3.05) is 5.32 Å². The van der Waals surface area contributed by atoms with Crippen molar-refractivity contribution in [2.24, 2.45) is 0 Å². The molecule has 0 aliphatic rings. The van der Waals surface area contributed by atoms with Gasteiger partial charge in [0.2, 0.25) is 0 Å². The number of nitrogens with zero attached hydrogens (tertiary/aromatic N) is 2. The van der Waals surface area contributed by atoms with Gasteiger partial charge in [-0.25, -0.2) is 4.68 Å². The van der Waals surface area contributed by atoms with Gasteiger partial charge in [0.1, 0.15) is 0 Å². The van der Waals surface area contributed by atoms with E-state index in [1.165, 1.54) is 11.1 Å². The van der Waals surface area contributed by atoms with Crippen LogP contribution in [0.2, 0.25) is 0 Å². The molecule has 1 heterocycles. The maximum absolute atomic E-state index is 5.37. The van der Waals surface area contributed by atoms with Crippen molar-refractivity contribution in [3.05, 3.63) is 77.6 Å². The number of rotatable bonds is 4. The van der Waals surface area contributed by atoms with Gasteiger partial charge in [-0.2, -0.15) is 5.10 Å². The molecule has 3 rings (SSSR count). The molecule has 0 aliphatic heterocycles. The first-order chi connectivity index (χ1) is 11.6. The minimum Gasteiger partial charge on any atom is -0.358 e. The summed E-state index contributed by atoms with van der Waals surface area (Å²) in [5.41, 5.74) is 5.73. The molecule has 3 aromatic rings. The molecule has 0 fully saturated rings. The molecule has 5 heteroatoms. The van der Waals surface area contributed by atoms with Crippen LogP contribution in [0.15, 0.2) is 60.9 Å². The Labute approximate surface area is 147 Å². The van der Waals surface area contributed by atoms with Gasteiger partial charge < -0.3 is 10.6 Å². The van der Waals surface area contributed by atoms with E-state index in [4.69, 9.17) is 12.2 Å². The third kappa shape index (κ3) is 4.00. The SMILES string of the molecule is Cc1ccc(NC(=S)NCc2ccc(-n3cccn3)cc2)cc1C. The van der Waals surface area contributed by atoms with Crippen LogP contribution in [0.5, 0.6) is 0 Å². The highest BCUT2D eigenvalue weighted by Crippen LogP contribution is 2.14. The zero-order valence-electron chi connectivity index (χ0n) is 13.8. The Bertz CT molecular complexity index is 823. The zero-order chi connectivity index (χ0) is 16.9. The van der Waals surface area contributed by atoms with E-state index in [-0.39, 0.29) is 0 Å². The topological polar surface area (TPSA) is 41.9 Å². The van der Waals surface area contributed by atoms with E-state index in [0.717, 1.165) is 16.9 Å². The van der Waals surface area contributed by atoms with E-state index in [1.54, 1.807) is 6.20 Å². The Morgan fingerprint density at radius 2 is 1.88 bits per heavy atom. The fourth-order valence-electron chi connectivity index (χ4n) is 2.36. The second kappa shape index (κ2) is 7.27. The van der Waals surface area contributed by atoms with Crippen molar-refractivity contribution in [2.45, 2.75) is 20.4 Å². The second-order valence-electron chi connectivity index (χ2n) is 5.72. The molecule has 0 radical (unpaired) electrons. The van der Waals surface area contributed by atoms with Gasteiger partial charge in [0.25, 0.3) is 0 Å². The number of benzene rings is 2. The van der Waals surface area contributed by atoms with Gasteiger partial charge in [-0.05, 0) is 73.1 Å². The number of aromatic nitrogens is 2. The molecule has 0 unspecified atom stereocenters. The maximum atomic E-state index is 5.37. The molecule has 4 nitrogen and oxygen atoms in total. The number of nitrogens with one attached hydrogen (secondary N) is 2.